The number of aliphatic hydroxyl groups excluding tert-OH is 9. The Balaban J connectivity index is 0.000000427. The number of aryl methyl sites for hydroxylation is 4. The largest absolute Gasteiger partial charge is 0.508 e. The molecular formula is C64H74O18. The smallest absolute Gasteiger partial charge is 0.163 e. The molecule has 18 heteroatoms. The maximum Gasteiger partial charge on any atom is 0.163 e. The van der Waals surface area contributed by atoms with Crippen LogP contribution in [0, 0.1) is 13.8 Å². The lowest BCUT2D eigenvalue weighted by molar-refractivity contribution is 0.000317. The van der Waals surface area contributed by atoms with Crippen molar-refractivity contribution in [2.24, 2.45) is 0 Å². The van der Waals surface area contributed by atoms with Crippen molar-refractivity contribution in [2.75, 3.05) is 26.9 Å². The molecule has 0 aromatic heterocycles. The zero-order valence-corrected chi connectivity index (χ0v) is 46.5. The SMILES string of the molecule is CCc1ccc(OC(CO)C(O)c2cc(CO)c3c(c2)C(CO)C(c2ccc(OC(CO)C(Oc4ccc(CC)cc4CO)c4ccc(O)c(CO)c4)c(OC)c2)O3)c(C)c1.Cc1ccc(O)c(CO)c1.O=Cc1ccc(O)c(CO)c1. The van der Waals surface area contributed by atoms with Crippen LogP contribution in [0.3, 0.4) is 0 Å². The first-order valence-electron chi connectivity index (χ1n) is 26.7. The van der Waals surface area contributed by atoms with Crippen LogP contribution >= 0.6 is 0 Å². The summed E-state index contributed by atoms with van der Waals surface area (Å²) in [5.74, 6) is 1.16. The van der Waals surface area contributed by atoms with Gasteiger partial charge in [0.15, 0.2) is 29.8 Å². The number of methoxy groups -OCH3 is 1. The number of carbonyl (C=O) groups excluding carboxylic acids is 1. The van der Waals surface area contributed by atoms with E-state index in [1.165, 1.54) is 31.4 Å². The van der Waals surface area contributed by atoms with Gasteiger partial charge in [0.2, 0.25) is 0 Å². The minimum Gasteiger partial charge on any atom is -0.508 e. The lowest BCUT2D eigenvalue weighted by atomic mass is 9.88. The number of aliphatic hydroxyl groups is 9. The highest BCUT2D eigenvalue weighted by Gasteiger charge is 2.39. The highest BCUT2D eigenvalue weighted by atomic mass is 16.6. The summed E-state index contributed by atoms with van der Waals surface area (Å²) in [4.78, 5) is 10.2. The fourth-order valence-electron chi connectivity index (χ4n) is 9.41. The van der Waals surface area contributed by atoms with Crippen LogP contribution in [0.4, 0.5) is 0 Å². The molecule has 7 aromatic rings. The fraction of sp³-hybridized carbons (Fsp3) is 0.328. The van der Waals surface area contributed by atoms with Gasteiger partial charge in [-0.3, -0.25) is 4.79 Å². The zero-order chi connectivity index (χ0) is 59.6. The maximum atomic E-state index is 11.5. The molecule has 8 rings (SSSR count). The molecule has 0 fully saturated rings. The number of rotatable bonds is 23. The molecule has 7 aromatic carbocycles. The monoisotopic (exact) mass is 1130 g/mol. The van der Waals surface area contributed by atoms with E-state index in [0.717, 1.165) is 35.1 Å². The Morgan fingerprint density at radius 1 is 0.537 bits per heavy atom. The molecule has 0 radical (unpaired) electrons. The molecule has 438 valence electrons. The topological polar surface area (TPSA) is 306 Å². The van der Waals surface area contributed by atoms with Crippen molar-refractivity contribution >= 4 is 6.29 Å². The van der Waals surface area contributed by atoms with Crippen molar-refractivity contribution in [3.63, 3.8) is 0 Å². The Kier molecular flexibility index (Phi) is 23.5. The molecule has 0 bridgehead atoms. The fourth-order valence-corrected chi connectivity index (χ4v) is 9.41. The summed E-state index contributed by atoms with van der Waals surface area (Å²) >= 11 is 0. The molecule has 0 saturated heterocycles. The molecule has 1 aliphatic heterocycles. The lowest BCUT2D eigenvalue weighted by Gasteiger charge is -2.29. The van der Waals surface area contributed by atoms with Crippen molar-refractivity contribution in [3.8, 4) is 46.0 Å². The first-order chi connectivity index (χ1) is 39.5. The minimum atomic E-state index is -1.30. The second-order valence-electron chi connectivity index (χ2n) is 19.6. The second-order valence-corrected chi connectivity index (χ2v) is 19.6. The number of ether oxygens (including phenoxy) is 5. The van der Waals surface area contributed by atoms with E-state index in [9.17, 15) is 45.6 Å². The van der Waals surface area contributed by atoms with Crippen molar-refractivity contribution in [1.29, 1.82) is 0 Å². The van der Waals surface area contributed by atoms with Gasteiger partial charge in [0.1, 0.15) is 53.0 Å². The van der Waals surface area contributed by atoms with Crippen LogP contribution in [-0.2, 0) is 45.9 Å². The number of phenols is 3. The third-order valence-corrected chi connectivity index (χ3v) is 14.1. The van der Waals surface area contributed by atoms with Crippen LogP contribution < -0.4 is 23.7 Å². The first kappa shape index (κ1) is 63.4. The van der Waals surface area contributed by atoms with Gasteiger partial charge in [0, 0.05) is 38.9 Å². The van der Waals surface area contributed by atoms with Gasteiger partial charge < -0.3 is 85.0 Å². The molecule has 1 heterocycles. The summed E-state index contributed by atoms with van der Waals surface area (Å²) in [5, 5.41) is 120. The van der Waals surface area contributed by atoms with Crippen LogP contribution in [0.2, 0.25) is 0 Å². The standard InChI is InChI=1S/C48H56O13.C8H8O3.C8H10O2/c1-5-28-7-12-39(27(3)15-28)58-43(25-53)45(56)32-18-35(23-51)47-36(19-32)37(24-52)46(61-47)31-10-14-41(42(20-31)57-4)59-44(26-54)48(30-9-11-38(55)33(17-30)21-49)60-40-13-8-29(6-2)16-34(40)22-50;9-4-6-1-2-8(11)7(3-6)5-10;1-6-2-3-8(10)7(4-6)5-9/h7-20,37,43-46,48-56H,5-6,21-26H2,1-4H3;1-4,10-11H,5H2;2-4,9-10H,5H2,1H3. The van der Waals surface area contributed by atoms with Gasteiger partial charge in [-0.05, 0) is 139 Å². The van der Waals surface area contributed by atoms with E-state index in [1.807, 2.05) is 51.1 Å². The average molecular weight is 1130 g/mol. The van der Waals surface area contributed by atoms with Gasteiger partial charge in [0.25, 0.3) is 0 Å². The molecular weight excluding hydrogens is 1060 g/mol. The Bertz CT molecular complexity index is 3210. The van der Waals surface area contributed by atoms with Crippen LogP contribution in [0.25, 0.3) is 0 Å². The number of hydrogen-bond donors (Lipinski definition) is 12. The summed E-state index contributed by atoms with van der Waals surface area (Å²) in [6.45, 7) is 4.94. The maximum absolute atomic E-state index is 11.5. The molecule has 18 nitrogen and oxygen atoms in total. The predicted octanol–water partition coefficient (Wildman–Crippen LogP) is 7.44. The molecule has 0 aliphatic carbocycles. The predicted molar refractivity (Wildman–Crippen MR) is 304 cm³/mol. The van der Waals surface area contributed by atoms with E-state index >= 15 is 0 Å². The van der Waals surface area contributed by atoms with Crippen LogP contribution in [0.1, 0.15) is 121 Å². The quantitative estimate of drug-likeness (QED) is 0.0277. The number of aldehydes is 1. The number of hydrogen-bond acceptors (Lipinski definition) is 18. The normalized spacial score (nSPS) is 14.8. The minimum absolute atomic E-state index is 0.0121. The summed E-state index contributed by atoms with van der Waals surface area (Å²) in [7, 11) is 1.45. The number of benzene rings is 7. The third kappa shape index (κ3) is 15.4. The summed E-state index contributed by atoms with van der Waals surface area (Å²) in [5.41, 5.74) is 8.57. The lowest BCUT2D eigenvalue weighted by Crippen LogP contribution is -2.33. The van der Waals surface area contributed by atoms with Crippen LogP contribution in [0.5, 0.6) is 46.0 Å². The molecule has 0 saturated carbocycles. The van der Waals surface area contributed by atoms with Gasteiger partial charge in [-0.2, -0.15) is 0 Å². The van der Waals surface area contributed by atoms with Crippen LogP contribution in [-0.4, -0.2) is 107 Å². The number of carbonyl (C=O) groups is 1. The third-order valence-electron chi connectivity index (χ3n) is 14.1. The van der Waals surface area contributed by atoms with Crippen molar-refractivity contribution in [1.82, 2.24) is 0 Å². The van der Waals surface area contributed by atoms with E-state index < -0.39 is 62.9 Å². The highest BCUT2D eigenvalue weighted by Crippen LogP contribution is 2.50. The van der Waals surface area contributed by atoms with Gasteiger partial charge in [-0.25, -0.2) is 0 Å². The first-order valence-corrected chi connectivity index (χ1v) is 26.7. The molecule has 82 heavy (non-hydrogen) atoms. The van der Waals surface area contributed by atoms with Crippen molar-refractivity contribution < 1.29 is 89.8 Å². The number of fused-ring (bicyclic) bond motifs is 1. The number of aromatic hydroxyl groups is 3. The summed E-state index contributed by atoms with van der Waals surface area (Å²) in [6.07, 6.45) is -2.91. The Morgan fingerprint density at radius 2 is 1.10 bits per heavy atom. The highest BCUT2D eigenvalue weighted by molar-refractivity contribution is 5.75. The average Bonchev–Trinajstić information content (AvgIpc) is 3.91. The zero-order valence-electron chi connectivity index (χ0n) is 46.5. The van der Waals surface area contributed by atoms with Gasteiger partial charge in [-0.15, -0.1) is 0 Å². The van der Waals surface area contributed by atoms with Crippen molar-refractivity contribution in [2.45, 2.75) is 110 Å². The Hall–Kier alpha value is -7.75. The van der Waals surface area contributed by atoms with Gasteiger partial charge in [-0.1, -0.05) is 61.9 Å². The Labute approximate surface area is 476 Å². The molecule has 12 N–H and O–H groups in total. The van der Waals surface area contributed by atoms with E-state index in [0.29, 0.717) is 73.6 Å². The summed E-state index contributed by atoms with van der Waals surface area (Å²) in [6, 6.07) is 33.6. The molecule has 6 unspecified atom stereocenters. The van der Waals surface area contributed by atoms with E-state index in [1.54, 1.807) is 66.7 Å². The molecule has 0 amide bonds. The molecule has 1 aliphatic rings. The van der Waals surface area contributed by atoms with E-state index in [4.69, 9.17) is 44.1 Å². The Morgan fingerprint density at radius 3 is 1.67 bits per heavy atom. The van der Waals surface area contributed by atoms with Gasteiger partial charge >= 0.3 is 0 Å². The van der Waals surface area contributed by atoms with E-state index in [2.05, 4.69) is 6.92 Å². The molecule has 6 atom stereocenters. The summed E-state index contributed by atoms with van der Waals surface area (Å²) < 4.78 is 31.2. The van der Waals surface area contributed by atoms with E-state index in [-0.39, 0.29) is 60.7 Å². The van der Waals surface area contributed by atoms with Crippen molar-refractivity contribution in [3.05, 3.63) is 199 Å². The molecule has 0 spiro atoms. The second kappa shape index (κ2) is 30.3. The van der Waals surface area contributed by atoms with Gasteiger partial charge in [0.05, 0.1) is 65.9 Å². The van der Waals surface area contributed by atoms with Crippen LogP contribution in [0.15, 0.2) is 121 Å².